The van der Waals surface area contributed by atoms with Crippen molar-refractivity contribution in [2.45, 2.75) is 13.1 Å². The third-order valence-corrected chi connectivity index (χ3v) is 2.05. The summed E-state index contributed by atoms with van der Waals surface area (Å²) in [5, 5.41) is 3.14. The SMILES string of the molecule is CNCc1cccccccc(CN)c1. The van der Waals surface area contributed by atoms with Gasteiger partial charge in [0.05, 0.1) is 0 Å². The molecule has 2 heteroatoms. The van der Waals surface area contributed by atoms with Crippen molar-refractivity contribution in [1.29, 1.82) is 0 Å². The van der Waals surface area contributed by atoms with Gasteiger partial charge in [-0.1, -0.05) is 48.5 Å². The minimum absolute atomic E-state index is 0.565. The summed E-state index contributed by atoms with van der Waals surface area (Å²) in [5.74, 6) is 0. The van der Waals surface area contributed by atoms with E-state index < -0.39 is 0 Å². The van der Waals surface area contributed by atoms with Crippen molar-refractivity contribution in [3.8, 4) is 0 Å². The van der Waals surface area contributed by atoms with E-state index in [9.17, 15) is 0 Å². The summed E-state index contributed by atoms with van der Waals surface area (Å²) in [6.07, 6.45) is 0. The highest BCUT2D eigenvalue weighted by atomic mass is 14.8. The van der Waals surface area contributed by atoms with E-state index in [0.29, 0.717) is 6.54 Å². The molecule has 2 nitrogen and oxygen atoms in total. The van der Waals surface area contributed by atoms with Crippen LogP contribution in [-0.2, 0) is 13.1 Å². The Morgan fingerprint density at radius 2 is 1.60 bits per heavy atom. The standard InChI is InChI=1S/C13H18N2/c1-15-11-13-8-6-4-2-3-5-7-12(9-13)10-14/h2-9,15H,10-11,14H2,1H3. The monoisotopic (exact) mass is 202 g/mol. The minimum Gasteiger partial charge on any atom is -0.326 e. The van der Waals surface area contributed by atoms with E-state index in [2.05, 4.69) is 17.4 Å². The summed E-state index contributed by atoms with van der Waals surface area (Å²) in [6.45, 7) is 1.42. The average molecular weight is 202 g/mol. The minimum atomic E-state index is 0.565. The zero-order valence-electron chi connectivity index (χ0n) is 9.11. The Morgan fingerprint density at radius 1 is 1.00 bits per heavy atom. The Balaban J connectivity index is 3.16. The molecular formula is C13H18N2. The molecule has 0 bridgehead atoms. The molecule has 0 aliphatic carbocycles. The van der Waals surface area contributed by atoms with E-state index >= 15 is 0 Å². The molecule has 15 heavy (non-hydrogen) atoms. The van der Waals surface area contributed by atoms with Crippen LogP contribution in [0.5, 0.6) is 0 Å². The quantitative estimate of drug-likeness (QED) is 0.786. The molecule has 0 radical (unpaired) electrons. The van der Waals surface area contributed by atoms with E-state index in [0.717, 1.165) is 12.1 Å². The van der Waals surface area contributed by atoms with Crippen LogP contribution in [-0.4, -0.2) is 7.05 Å². The smallest absolute Gasteiger partial charge is 0.0202 e. The lowest BCUT2D eigenvalue weighted by atomic mass is 10.2. The first-order chi connectivity index (χ1) is 7.36. The summed E-state index contributed by atoms with van der Waals surface area (Å²) >= 11 is 0. The Kier molecular flexibility index (Phi) is 5.44. The van der Waals surface area contributed by atoms with Gasteiger partial charge in [0.1, 0.15) is 0 Å². The molecule has 1 rings (SSSR count). The van der Waals surface area contributed by atoms with Gasteiger partial charge >= 0.3 is 0 Å². The van der Waals surface area contributed by atoms with Gasteiger partial charge in [-0.25, -0.2) is 0 Å². The lowest BCUT2D eigenvalue weighted by Crippen LogP contribution is -2.05. The molecule has 0 saturated heterocycles. The summed E-state index contributed by atoms with van der Waals surface area (Å²) < 4.78 is 0. The maximum Gasteiger partial charge on any atom is 0.0202 e. The molecule has 0 fully saturated rings. The fourth-order valence-electron chi connectivity index (χ4n) is 1.33. The molecule has 1 aromatic carbocycles. The van der Waals surface area contributed by atoms with E-state index in [1.807, 2.05) is 43.4 Å². The van der Waals surface area contributed by atoms with E-state index in [4.69, 9.17) is 5.73 Å². The molecule has 1 aromatic rings. The van der Waals surface area contributed by atoms with Crippen molar-refractivity contribution >= 4 is 0 Å². The number of hydrogen-bond acceptors (Lipinski definition) is 2. The fraction of sp³-hybridized carbons (Fsp3) is 0.231. The Labute approximate surface area is 91.5 Å². The maximum atomic E-state index is 5.66. The zero-order valence-corrected chi connectivity index (χ0v) is 9.11. The van der Waals surface area contributed by atoms with Crippen molar-refractivity contribution in [2.75, 3.05) is 7.05 Å². The third-order valence-electron chi connectivity index (χ3n) is 2.05. The van der Waals surface area contributed by atoms with Gasteiger partial charge in [-0.2, -0.15) is 0 Å². The summed E-state index contributed by atoms with van der Waals surface area (Å²) in [4.78, 5) is 0. The van der Waals surface area contributed by atoms with E-state index in [1.54, 1.807) is 0 Å². The second kappa shape index (κ2) is 6.98. The second-order valence-electron chi connectivity index (χ2n) is 3.32. The van der Waals surface area contributed by atoms with Crippen LogP contribution >= 0.6 is 0 Å². The van der Waals surface area contributed by atoms with Crippen LogP contribution in [0.4, 0.5) is 0 Å². The molecule has 0 spiro atoms. The number of hydrogen-bond donors (Lipinski definition) is 2. The molecular weight excluding hydrogens is 184 g/mol. The molecule has 3 N–H and O–H groups in total. The van der Waals surface area contributed by atoms with E-state index in [1.165, 1.54) is 5.56 Å². The first-order valence-corrected chi connectivity index (χ1v) is 5.12. The van der Waals surface area contributed by atoms with Crippen LogP contribution in [0.15, 0.2) is 48.5 Å². The molecule has 0 heterocycles. The zero-order chi connectivity index (χ0) is 10.9. The van der Waals surface area contributed by atoms with Gasteiger partial charge in [0.15, 0.2) is 0 Å². The lowest BCUT2D eigenvalue weighted by molar-refractivity contribution is 0.816. The number of nitrogens with one attached hydrogen (secondary N) is 1. The highest BCUT2D eigenvalue weighted by molar-refractivity contribution is 5.19. The van der Waals surface area contributed by atoms with E-state index in [-0.39, 0.29) is 0 Å². The Hall–Kier alpha value is -1.38. The molecule has 0 aliphatic heterocycles. The third kappa shape index (κ3) is 4.58. The fourth-order valence-corrected chi connectivity index (χ4v) is 1.33. The van der Waals surface area contributed by atoms with Crippen LogP contribution in [0.2, 0.25) is 0 Å². The predicted octanol–water partition coefficient (Wildman–Crippen LogP) is 1.99. The molecule has 0 saturated carbocycles. The number of rotatable bonds is 3. The average Bonchev–Trinajstić information content (AvgIpc) is 2.27. The molecule has 0 amide bonds. The summed E-state index contributed by atoms with van der Waals surface area (Å²) in [7, 11) is 1.94. The van der Waals surface area contributed by atoms with Crippen LogP contribution in [0.25, 0.3) is 0 Å². The largest absolute Gasteiger partial charge is 0.326 e. The Morgan fingerprint density at radius 3 is 2.20 bits per heavy atom. The number of nitrogens with two attached hydrogens (primary N) is 1. The second-order valence-corrected chi connectivity index (χ2v) is 3.32. The normalized spacial score (nSPS) is 9.47. The van der Waals surface area contributed by atoms with Crippen molar-refractivity contribution in [2.24, 2.45) is 5.73 Å². The predicted molar refractivity (Wildman–Crippen MR) is 64.7 cm³/mol. The molecule has 0 aromatic heterocycles. The lowest BCUT2D eigenvalue weighted by Gasteiger charge is -1.99. The van der Waals surface area contributed by atoms with Crippen LogP contribution in [0.3, 0.4) is 0 Å². The first kappa shape index (κ1) is 11.7. The van der Waals surface area contributed by atoms with Gasteiger partial charge in [0.2, 0.25) is 0 Å². The highest BCUT2D eigenvalue weighted by Gasteiger charge is 1.88. The first-order valence-electron chi connectivity index (χ1n) is 5.12. The van der Waals surface area contributed by atoms with Gasteiger partial charge in [-0.3, -0.25) is 0 Å². The van der Waals surface area contributed by atoms with Gasteiger partial charge in [-0.05, 0) is 18.2 Å². The molecule has 80 valence electrons. The highest BCUT2D eigenvalue weighted by Crippen LogP contribution is 2.00. The summed E-state index contributed by atoms with van der Waals surface area (Å²) in [6, 6.07) is 16.3. The van der Waals surface area contributed by atoms with Crippen molar-refractivity contribution in [3.63, 3.8) is 0 Å². The summed E-state index contributed by atoms with van der Waals surface area (Å²) in [5.41, 5.74) is 8.03. The van der Waals surface area contributed by atoms with Gasteiger partial charge in [0, 0.05) is 13.1 Å². The molecule has 0 aliphatic rings. The van der Waals surface area contributed by atoms with Crippen molar-refractivity contribution < 1.29 is 0 Å². The van der Waals surface area contributed by atoms with Gasteiger partial charge < -0.3 is 11.1 Å². The topological polar surface area (TPSA) is 38.0 Å². The maximum absolute atomic E-state index is 5.66. The van der Waals surface area contributed by atoms with Crippen molar-refractivity contribution in [3.05, 3.63) is 59.7 Å². The van der Waals surface area contributed by atoms with Crippen LogP contribution in [0.1, 0.15) is 11.1 Å². The van der Waals surface area contributed by atoms with Crippen molar-refractivity contribution in [1.82, 2.24) is 5.32 Å². The van der Waals surface area contributed by atoms with Crippen LogP contribution < -0.4 is 11.1 Å². The van der Waals surface area contributed by atoms with Crippen LogP contribution in [0, 0.1) is 0 Å². The van der Waals surface area contributed by atoms with Gasteiger partial charge in [0.25, 0.3) is 0 Å². The molecule has 0 atom stereocenters. The molecule has 0 unspecified atom stereocenters. The Bertz CT molecular complexity index is 346. The van der Waals surface area contributed by atoms with Gasteiger partial charge in [-0.15, -0.1) is 0 Å².